The average molecular weight is 326 g/mol. The molecule has 5 nitrogen and oxygen atoms in total. The van der Waals surface area contributed by atoms with Gasteiger partial charge in [0.15, 0.2) is 0 Å². The maximum atomic E-state index is 14.7. The summed E-state index contributed by atoms with van der Waals surface area (Å²) in [4.78, 5) is 11.8. The Morgan fingerprint density at radius 3 is 2.10 bits per heavy atom. The molecule has 0 saturated heterocycles. The number of halogens is 2. The molecule has 0 amide bonds. The number of carbonyl (C=O) groups is 1. The van der Waals surface area contributed by atoms with Crippen LogP contribution in [0.2, 0.25) is 0 Å². The summed E-state index contributed by atoms with van der Waals surface area (Å²) >= 11 is 0. The molecule has 2 aliphatic rings. The van der Waals surface area contributed by atoms with Crippen LogP contribution < -0.4 is 0 Å². The maximum Gasteiger partial charge on any atom is 0.399 e. The van der Waals surface area contributed by atoms with Crippen LogP contribution in [0.5, 0.6) is 0 Å². The highest BCUT2D eigenvalue weighted by Gasteiger charge is 2.86. The summed E-state index contributed by atoms with van der Waals surface area (Å²) in [6.45, 7) is 4.43. The number of hydrogen-bond acceptors (Lipinski definition) is 5. The Kier molecular flexibility index (Phi) is 4.49. The second-order valence-electron chi connectivity index (χ2n) is 5.36. The molecule has 21 heavy (non-hydrogen) atoms. The Morgan fingerprint density at radius 1 is 1.19 bits per heavy atom. The third kappa shape index (κ3) is 2.53. The lowest BCUT2D eigenvalue weighted by atomic mass is 10.3. The van der Waals surface area contributed by atoms with Gasteiger partial charge in [-0.25, -0.2) is 0 Å². The van der Waals surface area contributed by atoms with Gasteiger partial charge >= 0.3 is 19.2 Å². The van der Waals surface area contributed by atoms with E-state index < -0.39 is 36.5 Å². The number of ether oxygens (including phenoxy) is 1. The van der Waals surface area contributed by atoms with Gasteiger partial charge in [0.05, 0.1) is 31.7 Å². The molecule has 8 heteroatoms. The van der Waals surface area contributed by atoms with E-state index in [1.807, 2.05) is 0 Å². The number of esters is 1. The molecule has 2 aliphatic carbocycles. The zero-order valence-corrected chi connectivity index (χ0v) is 13.3. The molecule has 0 aromatic heterocycles. The van der Waals surface area contributed by atoms with Crippen molar-refractivity contribution in [2.24, 2.45) is 17.3 Å². The van der Waals surface area contributed by atoms with Gasteiger partial charge < -0.3 is 13.8 Å². The molecule has 0 aromatic rings. The van der Waals surface area contributed by atoms with Crippen LogP contribution in [-0.2, 0) is 23.1 Å². The first kappa shape index (κ1) is 16.8. The highest BCUT2D eigenvalue weighted by molar-refractivity contribution is 7.55. The van der Waals surface area contributed by atoms with E-state index in [0.29, 0.717) is 12.8 Å². The fourth-order valence-corrected chi connectivity index (χ4v) is 4.97. The van der Waals surface area contributed by atoms with Crippen LogP contribution in [0, 0.1) is 17.3 Å². The van der Waals surface area contributed by atoms with Gasteiger partial charge in [-0.05, 0) is 39.0 Å². The van der Waals surface area contributed by atoms with E-state index in [2.05, 4.69) is 0 Å². The topological polar surface area (TPSA) is 61.8 Å². The van der Waals surface area contributed by atoms with Gasteiger partial charge in [0.1, 0.15) is 0 Å². The quantitative estimate of drug-likeness (QED) is 0.505. The number of rotatable bonds is 8. The van der Waals surface area contributed by atoms with E-state index in [1.165, 1.54) is 13.8 Å². The highest BCUT2D eigenvalue weighted by atomic mass is 31.2. The predicted molar refractivity (Wildman–Crippen MR) is 71.1 cm³/mol. The lowest BCUT2D eigenvalue weighted by Crippen LogP contribution is -2.26. The van der Waals surface area contributed by atoms with Crippen molar-refractivity contribution in [1.29, 1.82) is 0 Å². The summed E-state index contributed by atoms with van der Waals surface area (Å²) in [6.07, 6.45) is 1.05. The Labute approximate surface area is 122 Å². The number of hydrogen-bond donors (Lipinski definition) is 0. The first-order chi connectivity index (χ1) is 9.80. The number of alkyl halides is 2. The van der Waals surface area contributed by atoms with Crippen LogP contribution in [0.15, 0.2) is 0 Å². The van der Waals surface area contributed by atoms with E-state index >= 15 is 0 Å². The average Bonchev–Trinajstić information content (AvgIpc) is 3.29. The fourth-order valence-electron chi connectivity index (χ4n) is 3.13. The van der Waals surface area contributed by atoms with Crippen LogP contribution >= 0.6 is 7.60 Å². The molecule has 2 fully saturated rings. The van der Waals surface area contributed by atoms with Crippen LogP contribution in [0.3, 0.4) is 0 Å². The van der Waals surface area contributed by atoms with E-state index in [4.69, 9.17) is 13.8 Å². The first-order valence-electron chi connectivity index (χ1n) is 7.24. The molecule has 2 atom stereocenters. The summed E-state index contributed by atoms with van der Waals surface area (Å²) < 4.78 is 56.2. The molecule has 122 valence electrons. The lowest BCUT2D eigenvalue weighted by Gasteiger charge is -2.26. The molecule has 0 heterocycles. The lowest BCUT2D eigenvalue weighted by molar-refractivity contribution is -0.146. The van der Waals surface area contributed by atoms with Crippen molar-refractivity contribution < 1.29 is 31.9 Å². The molecule has 0 bridgehead atoms. The SMILES string of the molecule is CCOC(=O)[C@@H]1[C@@H](C(F)(F)P(=O)(OCC)OCC)C12CC2. The summed E-state index contributed by atoms with van der Waals surface area (Å²) in [5, 5.41) is 0. The zero-order valence-electron chi connectivity index (χ0n) is 12.4. The molecule has 0 N–H and O–H groups in total. The van der Waals surface area contributed by atoms with Crippen LogP contribution in [-0.4, -0.2) is 31.5 Å². The summed E-state index contributed by atoms with van der Waals surface area (Å²) in [5.74, 6) is -2.85. The molecule has 0 aromatic carbocycles. The van der Waals surface area contributed by atoms with E-state index in [0.717, 1.165) is 0 Å². The van der Waals surface area contributed by atoms with Gasteiger partial charge in [-0.1, -0.05) is 0 Å². The van der Waals surface area contributed by atoms with E-state index in [1.54, 1.807) is 6.92 Å². The Morgan fingerprint density at radius 2 is 1.71 bits per heavy atom. The Bertz CT molecular complexity index is 453. The molecule has 0 aliphatic heterocycles. The normalized spacial score (nSPS) is 26.7. The molecular formula is C13H21F2O5P. The Balaban J connectivity index is 2.23. The van der Waals surface area contributed by atoms with Gasteiger partial charge in [0.25, 0.3) is 0 Å². The largest absolute Gasteiger partial charge is 0.466 e. The highest BCUT2D eigenvalue weighted by Crippen LogP contribution is 2.84. The van der Waals surface area contributed by atoms with E-state index in [9.17, 15) is 18.1 Å². The minimum atomic E-state index is -4.59. The predicted octanol–water partition coefficient (Wildman–Crippen LogP) is 3.43. The van der Waals surface area contributed by atoms with Crippen molar-refractivity contribution in [1.82, 2.24) is 0 Å². The fraction of sp³-hybridized carbons (Fsp3) is 0.923. The van der Waals surface area contributed by atoms with Gasteiger partial charge in [-0.2, -0.15) is 8.78 Å². The van der Waals surface area contributed by atoms with Gasteiger partial charge in [0.2, 0.25) is 0 Å². The summed E-state index contributed by atoms with van der Waals surface area (Å²) in [5.41, 5.74) is -4.44. The first-order valence-corrected chi connectivity index (χ1v) is 8.78. The summed E-state index contributed by atoms with van der Waals surface area (Å²) in [6, 6.07) is 0. The molecule has 2 saturated carbocycles. The maximum absolute atomic E-state index is 14.7. The van der Waals surface area contributed by atoms with Crippen molar-refractivity contribution in [3.63, 3.8) is 0 Å². The van der Waals surface area contributed by atoms with Crippen molar-refractivity contribution in [3.8, 4) is 0 Å². The molecule has 0 unspecified atom stereocenters. The van der Waals surface area contributed by atoms with Crippen molar-refractivity contribution in [3.05, 3.63) is 0 Å². The zero-order chi connectivity index (χ0) is 15.9. The molecule has 1 spiro atoms. The van der Waals surface area contributed by atoms with Crippen molar-refractivity contribution in [2.75, 3.05) is 19.8 Å². The van der Waals surface area contributed by atoms with Crippen LogP contribution in [0.1, 0.15) is 33.6 Å². The monoisotopic (exact) mass is 326 g/mol. The van der Waals surface area contributed by atoms with Crippen molar-refractivity contribution in [2.45, 2.75) is 39.3 Å². The third-order valence-corrected chi connectivity index (χ3v) is 6.37. The smallest absolute Gasteiger partial charge is 0.399 e. The number of carbonyl (C=O) groups excluding carboxylic acids is 1. The van der Waals surface area contributed by atoms with Gasteiger partial charge in [0, 0.05) is 0 Å². The minimum Gasteiger partial charge on any atom is -0.466 e. The van der Waals surface area contributed by atoms with Gasteiger partial charge in [-0.15, -0.1) is 0 Å². The minimum absolute atomic E-state index is 0.137. The third-order valence-electron chi connectivity index (χ3n) is 4.17. The van der Waals surface area contributed by atoms with E-state index in [-0.39, 0.29) is 19.8 Å². The standard InChI is InChI=1S/C13H21F2O5P/c1-4-18-11(16)9-10(12(9)7-8-12)13(14,15)21(17,19-5-2)20-6-3/h9-10H,4-8H2,1-3H3/t9-,10+/m0/s1. The Hall–Kier alpha value is -0.520. The molecule has 0 radical (unpaired) electrons. The molecule has 2 rings (SSSR count). The van der Waals surface area contributed by atoms with Crippen LogP contribution in [0.25, 0.3) is 0 Å². The second-order valence-corrected chi connectivity index (χ2v) is 7.47. The second kappa shape index (κ2) is 5.60. The molecular weight excluding hydrogens is 305 g/mol. The van der Waals surface area contributed by atoms with Crippen molar-refractivity contribution >= 4 is 13.6 Å². The van der Waals surface area contributed by atoms with Gasteiger partial charge in [-0.3, -0.25) is 9.36 Å². The summed E-state index contributed by atoms with van der Waals surface area (Å²) in [7, 11) is -4.59. The van der Waals surface area contributed by atoms with Crippen LogP contribution in [0.4, 0.5) is 8.78 Å².